The predicted octanol–water partition coefficient (Wildman–Crippen LogP) is 3.87. The average molecular weight is 306 g/mol. The average Bonchev–Trinajstić information content (AvgIpc) is 2.46. The van der Waals surface area contributed by atoms with Crippen molar-refractivity contribution < 1.29 is 9.47 Å². The molecule has 0 bridgehead atoms. The Hall–Kier alpha value is -1.71. The van der Waals surface area contributed by atoms with Crippen LogP contribution in [0.1, 0.15) is 16.7 Å². The number of rotatable bonds is 6. The highest BCUT2D eigenvalue weighted by Crippen LogP contribution is 2.26. The summed E-state index contributed by atoms with van der Waals surface area (Å²) in [5, 5.41) is 0.730. The first-order valence-corrected chi connectivity index (χ1v) is 7.29. The van der Waals surface area contributed by atoms with Gasteiger partial charge in [-0.1, -0.05) is 23.7 Å². The first-order valence-electron chi connectivity index (χ1n) is 6.91. The summed E-state index contributed by atoms with van der Waals surface area (Å²) in [4.78, 5) is 0. The number of benzene rings is 2. The van der Waals surface area contributed by atoms with E-state index >= 15 is 0 Å². The second-order valence-electron chi connectivity index (χ2n) is 4.91. The number of ether oxygens (including phenoxy) is 2. The van der Waals surface area contributed by atoms with Gasteiger partial charge >= 0.3 is 0 Å². The molecule has 0 atom stereocenters. The van der Waals surface area contributed by atoms with Crippen molar-refractivity contribution in [2.24, 2.45) is 5.73 Å². The largest absolute Gasteiger partial charge is 0.490 e. The van der Waals surface area contributed by atoms with Crippen molar-refractivity contribution in [1.82, 2.24) is 0 Å². The monoisotopic (exact) mass is 305 g/mol. The van der Waals surface area contributed by atoms with Crippen LogP contribution in [0.2, 0.25) is 5.02 Å². The number of aryl methyl sites for hydroxylation is 2. The van der Waals surface area contributed by atoms with Gasteiger partial charge in [-0.05, 0) is 54.8 Å². The third-order valence-corrected chi connectivity index (χ3v) is 3.40. The van der Waals surface area contributed by atoms with Crippen molar-refractivity contribution >= 4 is 11.6 Å². The van der Waals surface area contributed by atoms with Gasteiger partial charge in [-0.3, -0.25) is 0 Å². The van der Waals surface area contributed by atoms with Crippen LogP contribution in [0, 0.1) is 13.8 Å². The quantitative estimate of drug-likeness (QED) is 0.824. The lowest BCUT2D eigenvalue weighted by Gasteiger charge is -2.13. The van der Waals surface area contributed by atoms with Gasteiger partial charge in [0.2, 0.25) is 0 Å². The lowest BCUT2D eigenvalue weighted by molar-refractivity contribution is 0.215. The van der Waals surface area contributed by atoms with E-state index in [1.54, 1.807) is 0 Å². The molecule has 0 aliphatic heterocycles. The van der Waals surface area contributed by atoms with Crippen LogP contribution in [0.4, 0.5) is 0 Å². The van der Waals surface area contributed by atoms with E-state index in [2.05, 4.69) is 0 Å². The molecule has 2 N–H and O–H groups in total. The zero-order valence-electron chi connectivity index (χ0n) is 12.4. The van der Waals surface area contributed by atoms with Crippen LogP contribution >= 0.6 is 11.6 Å². The minimum Gasteiger partial charge on any atom is -0.490 e. The van der Waals surface area contributed by atoms with E-state index in [4.69, 9.17) is 26.8 Å². The molecule has 21 heavy (non-hydrogen) atoms. The van der Waals surface area contributed by atoms with Gasteiger partial charge < -0.3 is 15.2 Å². The van der Waals surface area contributed by atoms with Crippen molar-refractivity contribution in [2.75, 3.05) is 13.2 Å². The minimum atomic E-state index is 0.488. The fraction of sp³-hybridized carbons (Fsp3) is 0.294. The third-order valence-electron chi connectivity index (χ3n) is 3.18. The molecule has 112 valence electrons. The molecule has 0 radical (unpaired) electrons. The number of hydrogen-bond acceptors (Lipinski definition) is 3. The molecule has 0 aliphatic rings. The first-order chi connectivity index (χ1) is 10.1. The van der Waals surface area contributed by atoms with Crippen LogP contribution in [0.15, 0.2) is 36.4 Å². The molecule has 2 aromatic carbocycles. The van der Waals surface area contributed by atoms with Gasteiger partial charge in [0.05, 0.1) is 0 Å². The third kappa shape index (κ3) is 4.38. The molecule has 0 unspecified atom stereocenters. The van der Waals surface area contributed by atoms with Gasteiger partial charge in [0.25, 0.3) is 0 Å². The first kappa shape index (κ1) is 15.7. The van der Waals surface area contributed by atoms with E-state index in [0.717, 1.165) is 33.2 Å². The van der Waals surface area contributed by atoms with Crippen molar-refractivity contribution in [3.05, 3.63) is 58.1 Å². The Labute approximate surface area is 130 Å². The molecular weight excluding hydrogens is 286 g/mol. The van der Waals surface area contributed by atoms with Crippen LogP contribution in [0.5, 0.6) is 11.5 Å². The Morgan fingerprint density at radius 2 is 1.52 bits per heavy atom. The fourth-order valence-corrected chi connectivity index (χ4v) is 2.48. The van der Waals surface area contributed by atoms with Crippen molar-refractivity contribution in [2.45, 2.75) is 20.4 Å². The zero-order chi connectivity index (χ0) is 15.2. The molecule has 0 saturated carbocycles. The van der Waals surface area contributed by atoms with Crippen LogP contribution in [0.3, 0.4) is 0 Å². The Morgan fingerprint density at radius 3 is 2.10 bits per heavy atom. The number of nitrogens with two attached hydrogens (primary N) is 1. The summed E-state index contributed by atoms with van der Waals surface area (Å²) >= 11 is 6.00. The molecule has 0 heterocycles. The molecule has 0 amide bonds. The molecule has 0 spiro atoms. The van der Waals surface area contributed by atoms with E-state index in [1.165, 1.54) is 0 Å². The SMILES string of the molecule is Cc1cc(Cl)cc(C)c1OCCOc1ccc(CN)cc1. The van der Waals surface area contributed by atoms with E-state index in [9.17, 15) is 0 Å². The Bertz CT molecular complexity index is 573. The molecule has 0 saturated heterocycles. The second-order valence-corrected chi connectivity index (χ2v) is 5.35. The highest BCUT2D eigenvalue weighted by atomic mass is 35.5. The van der Waals surface area contributed by atoms with E-state index < -0.39 is 0 Å². The van der Waals surface area contributed by atoms with Crippen LogP contribution in [-0.2, 0) is 6.54 Å². The molecule has 0 fully saturated rings. The van der Waals surface area contributed by atoms with Crippen LogP contribution in [-0.4, -0.2) is 13.2 Å². The Kier molecular flexibility index (Phi) is 5.48. The lowest BCUT2D eigenvalue weighted by atomic mass is 10.1. The summed E-state index contributed by atoms with van der Waals surface area (Å²) in [6.45, 7) is 5.49. The molecule has 2 aromatic rings. The van der Waals surface area contributed by atoms with E-state index in [0.29, 0.717) is 19.8 Å². The number of hydrogen-bond donors (Lipinski definition) is 1. The second kappa shape index (κ2) is 7.34. The molecular formula is C17H20ClNO2. The number of halogens is 1. The summed E-state index contributed by atoms with van der Waals surface area (Å²) in [6, 6.07) is 11.6. The topological polar surface area (TPSA) is 44.5 Å². The van der Waals surface area contributed by atoms with E-state index in [-0.39, 0.29) is 0 Å². The molecule has 0 aliphatic carbocycles. The maximum absolute atomic E-state index is 6.00. The Morgan fingerprint density at radius 1 is 0.952 bits per heavy atom. The van der Waals surface area contributed by atoms with Gasteiger partial charge in [0.15, 0.2) is 0 Å². The van der Waals surface area contributed by atoms with Crippen LogP contribution < -0.4 is 15.2 Å². The summed E-state index contributed by atoms with van der Waals surface area (Å²) in [5.74, 6) is 1.70. The smallest absolute Gasteiger partial charge is 0.125 e. The zero-order valence-corrected chi connectivity index (χ0v) is 13.1. The van der Waals surface area contributed by atoms with Crippen molar-refractivity contribution in [3.63, 3.8) is 0 Å². The lowest BCUT2D eigenvalue weighted by Crippen LogP contribution is -2.10. The van der Waals surface area contributed by atoms with Crippen molar-refractivity contribution in [3.8, 4) is 11.5 Å². The molecule has 2 rings (SSSR count). The molecule has 3 nitrogen and oxygen atoms in total. The summed E-state index contributed by atoms with van der Waals surface area (Å²) in [7, 11) is 0. The van der Waals surface area contributed by atoms with E-state index in [1.807, 2.05) is 50.2 Å². The summed E-state index contributed by atoms with van der Waals surface area (Å²) in [6.07, 6.45) is 0. The van der Waals surface area contributed by atoms with Gasteiger partial charge in [0, 0.05) is 11.6 Å². The normalized spacial score (nSPS) is 10.5. The summed E-state index contributed by atoms with van der Waals surface area (Å²) in [5.41, 5.74) is 8.71. The summed E-state index contributed by atoms with van der Waals surface area (Å²) < 4.78 is 11.4. The van der Waals surface area contributed by atoms with Gasteiger partial charge in [-0.15, -0.1) is 0 Å². The predicted molar refractivity (Wildman–Crippen MR) is 86.2 cm³/mol. The highest BCUT2D eigenvalue weighted by molar-refractivity contribution is 6.30. The van der Waals surface area contributed by atoms with Crippen molar-refractivity contribution in [1.29, 1.82) is 0 Å². The minimum absolute atomic E-state index is 0.488. The molecule has 0 aromatic heterocycles. The van der Waals surface area contributed by atoms with Gasteiger partial charge in [0.1, 0.15) is 24.7 Å². The highest BCUT2D eigenvalue weighted by Gasteiger charge is 2.05. The maximum Gasteiger partial charge on any atom is 0.125 e. The Balaban J connectivity index is 1.84. The van der Waals surface area contributed by atoms with Crippen LogP contribution in [0.25, 0.3) is 0 Å². The standard InChI is InChI=1S/C17H20ClNO2/c1-12-9-15(18)10-13(2)17(12)21-8-7-20-16-5-3-14(11-19)4-6-16/h3-6,9-10H,7-8,11,19H2,1-2H3. The van der Waals surface area contributed by atoms with Gasteiger partial charge in [-0.25, -0.2) is 0 Å². The molecule has 4 heteroatoms. The van der Waals surface area contributed by atoms with Gasteiger partial charge in [-0.2, -0.15) is 0 Å². The maximum atomic E-state index is 6.00. The fourth-order valence-electron chi connectivity index (χ4n) is 2.15.